The number of nitrogens with one attached hydrogen (secondary N) is 1. The molecule has 158 valence electrons. The number of amides is 2. The largest absolute Gasteiger partial charge is 0.343 e. The van der Waals surface area contributed by atoms with Crippen molar-refractivity contribution in [2.24, 2.45) is 24.3 Å². The lowest BCUT2D eigenvalue weighted by Gasteiger charge is -2.29. The van der Waals surface area contributed by atoms with E-state index in [1.807, 2.05) is 28.0 Å². The van der Waals surface area contributed by atoms with Gasteiger partial charge in [0.1, 0.15) is 0 Å². The molecule has 2 amide bonds. The maximum Gasteiger partial charge on any atom is 0.343 e. The fraction of sp³-hybridized carbons (Fsp3) is 0.545. The minimum absolute atomic E-state index is 0.0894. The van der Waals surface area contributed by atoms with Crippen molar-refractivity contribution in [3.63, 3.8) is 0 Å². The van der Waals surface area contributed by atoms with Gasteiger partial charge in [-0.3, -0.25) is 14.6 Å². The number of aromatic nitrogens is 3. The van der Waals surface area contributed by atoms with E-state index in [1.165, 1.54) is 12.6 Å². The molecule has 0 radical (unpaired) electrons. The van der Waals surface area contributed by atoms with E-state index < -0.39 is 5.69 Å². The van der Waals surface area contributed by atoms with Crippen LogP contribution in [0.15, 0.2) is 35.1 Å². The molecule has 0 unspecified atom stereocenters. The van der Waals surface area contributed by atoms with Gasteiger partial charge in [0.05, 0.1) is 0 Å². The Balaban J connectivity index is 1.36. The van der Waals surface area contributed by atoms with Crippen LogP contribution in [0.1, 0.15) is 35.4 Å². The van der Waals surface area contributed by atoms with E-state index in [-0.39, 0.29) is 34.9 Å². The fourth-order valence-corrected chi connectivity index (χ4v) is 5.13. The van der Waals surface area contributed by atoms with Crippen LogP contribution < -0.4 is 5.69 Å². The van der Waals surface area contributed by atoms with Gasteiger partial charge in [-0.15, -0.1) is 5.10 Å². The van der Waals surface area contributed by atoms with E-state index in [4.69, 9.17) is 0 Å². The third-order valence-electron chi connectivity index (χ3n) is 7.01. The second kappa shape index (κ2) is 7.11. The number of carbonyl (C=O) groups excluding carboxylic acids is 2. The zero-order valence-corrected chi connectivity index (χ0v) is 17.2. The SMILES string of the molecule is Cn1nc(C(=O)N2C[C@H]3CN(C(=O)C4CC4)C[C@@]3(CCc3ccccc3)C2)[nH]c1=O. The minimum Gasteiger partial charge on any atom is -0.341 e. The molecule has 2 aromatic rings. The Morgan fingerprint density at radius 1 is 1.13 bits per heavy atom. The van der Waals surface area contributed by atoms with Crippen LogP contribution in [-0.2, 0) is 18.3 Å². The molecule has 8 heteroatoms. The zero-order chi connectivity index (χ0) is 20.9. The zero-order valence-electron chi connectivity index (χ0n) is 17.2. The highest BCUT2D eigenvalue weighted by molar-refractivity contribution is 5.90. The van der Waals surface area contributed by atoms with Gasteiger partial charge in [-0.1, -0.05) is 30.3 Å². The Labute approximate surface area is 174 Å². The van der Waals surface area contributed by atoms with Gasteiger partial charge in [-0.25, -0.2) is 9.48 Å². The quantitative estimate of drug-likeness (QED) is 0.799. The molecule has 5 rings (SSSR count). The summed E-state index contributed by atoms with van der Waals surface area (Å²) >= 11 is 0. The topological polar surface area (TPSA) is 91.3 Å². The number of rotatable bonds is 5. The molecule has 30 heavy (non-hydrogen) atoms. The van der Waals surface area contributed by atoms with Crippen LogP contribution in [0.3, 0.4) is 0 Å². The molecule has 0 bridgehead atoms. The first-order chi connectivity index (χ1) is 14.4. The molecular formula is C22H27N5O3. The lowest BCUT2D eigenvalue weighted by Crippen LogP contribution is -2.39. The standard InChI is InChI=1S/C22H27N5O3/c1-25-21(30)23-18(24-25)20(29)27-12-17-11-26(19(28)16-7-8-16)13-22(17,14-27)10-9-15-5-3-2-4-6-15/h2-6,16-17H,7-14H2,1H3,(H,23,24,30)/t17-,22+/m1/s1. The summed E-state index contributed by atoms with van der Waals surface area (Å²) in [5.74, 6) is 0.609. The Kier molecular flexibility index (Phi) is 4.52. The lowest BCUT2D eigenvalue weighted by molar-refractivity contribution is -0.132. The fourth-order valence-electron chi connectivity index (χ4n) is 5.13. The highest BCUT2D eigenvalue weighted by atomic mass is 16.2. The molecule has 8 nitrogen and oxygen atoms in total. The van der Waals surface area contributed by atoms with Crippen molar-refractivity contribution in [1.82, 2.24) is 24.6 Å². The number of hydrogen-bond donors (Lipinski definition) is 1. The van der Waals surface area contributed by atoms with Crippen LogP contribution in [0, 0.1) is 17.3 Å². The first-order valence-corrected chi connectivity index (χ1v) is 10.7. The monoisotopic (exact) mass is 409 g/mol. The van der Waals surface area contributed by atoms with Gasteiger partial charge in [-0.05, 0) is 31.2 Å². The molecule has 1 aromatic heterocycles. The third-order valence-corrected chi connectivity index (χ3v) is 7.01. The van der Waals surface area contributed by atoms with E-state index in [0.29, 0.717) is 26.2 Å². The average Bonchev–Trinajstić information content (AvgIpc) is 3.34. The van der Waals surface area contributed by atoms with Crippen molar-refractivity contribution in [3.8, 4) is 0 Å². The molecule has 2 aliphatic heterocycles. The minimum atomic E-state index is -0.391. The molecule has 3 heterocycles. The number of hydrogen-bond acceptors (Lipinski definition) is 4. The van der Waals surface area contributed by atoms with Crippen LogP contribution in [0.25, 0.3) is 0 Å². The molecule has 1 aromatic carbocycles. The smallest absolute Gasteiger partial charge is 0.341 e. The van der Waals surface area contributed by atoms with Crippen molar-refractivity contribution in [2.75, 3.05) is 26.2 Å². The van der Waals surface area contributed by atoms with Crippen LogP contribution in [0.4, 0.5) is 0 Å². The number of likely N-dealkylation sites (tertiary alicyclic amines) is 2. The van der Waals surface area contributed by atoms with Crippen LogP contribution in [-0.4, -0.2) is 62.6 Å². The van der Waals surface area contributed by atoms with Gasteiger partial charge in [0, 0.05) is 50.5 Å². The van der Waals surface area contributed by atoms with Gasteiger partial charge in [0.25, 0.3) is 5.91 Å². The van der Waals surface area contributed by atoms with Crippen LogP contribution >= 0.6 is 0 Å². The summed E-state index contributed by atoms with van der Waals surface area (Å²) < 4.78 is 1.14. The van der Waals surface area contributed by atoms with Crippen molar-refractivity contribution in [3.05, 3.63) is 52.2 Å². The average molecular weight is 409 g/mol. The highest BCUT2D eigenvalue weighted by Crippen LogP contribution is 2.47. The number of benzene rings is 1. The summed E-state index contributed by atoms with van der Waals surface area (Å²) in [5.41, 5.74) is 0.777. The molecule has 2 saturated heterocycles. The number of aromatic amines is 1. The van der Waals surface area contributed by atoms with E-state index in [1.54, 1.807) is 0 Å². The normalized spacial score (nSPS) is 25.6. The number of carbonyl (C=O) groups is 2. The molecule has 1 aliphatic carbocycles. The van der Waals surface area contributed by atoms with E-state index >= 15 is 0 Å². The predicted molar refractivity (Wildman–Crippen MR) is 110 cm³/mol. The Morgan fingerprint density at radius 3 is 2.50 bits per heavy atom. The number of fused-ring (bicyclic) bond motifs is 1. The van der Waals surface area contributed by atoms with Gasteiger partial charge in [-0.2, -0.15) is 0 Å². The number of nitrogens with zero attached hydrogens (tertiary/aromatic N) is 4. The molecule has 2 atom stereocenters. The summed E-state index contributed by atoms with van der Waals surface area (Å²) in [4.78, 5) is 43.8. The van der Waals surface area contributed by atoms with E-state index in [2.05, 4.69) is 22.2 Å². The second-order valence-corrected chi connectivity index (χ2v) is 9.13. The summed E-state index contributed by atoms with van der Waals surface area (Å²) in [6.07, 6.45) is 3.87. The molecule has 3 fully saturated rings. The molecular weight excluding hydrogens is 382 g/mol. The first-order valence-electron chi connectivity index (χ1n) is 10.7. The maximum absolute atomic E-state index is 13.0. The maximum atomic E-state index is 13.0. The van der Waals surface area contributed by atoms with Gasteiger partial charge in [0.15, 0.2) is 0 Å². The summed E-state index contributed by atoms with van der Waals surface area (Å²) in [7, 11) is 1.52. The van der Waals surface area contributed by atoms with Crippen LogP contribution in [0.2, 0.25) is 0 Å². The summed E-state index contributed by atoms with van der Waals surface area (Å²) in [6, 6.07) is 10.4. The number of H-pyrrole nitrogens is 1. The van der Waals surface area contributed by atoms with E-state index in [0.717, 1.165) is 30.4 Å². The molecule has 0 spiro atoms. The van der Waals surface area contributed by atoms with Crippen molar-refractivity contribution in [2.45, 2.75) is 25.7 Å². The van der Waals surface area contributed by atoms with Crippen molar-refractivity contribution < 1.29 is 9.59 Å². The summed E-state index contributed by atoms with van der Waals surface area (Å²) in [5, 5.41) is 4.03. The predicted octanol–water partition coefficient (Wildman–Crippen LogP) is 1.05. The molecule has 1 N–H and O–H groups in total. The number of aryl methyl sites for hydroxylation is 2. The second-order valence-electron chi connectivity index (χ2n) is 9.13. The Morgan fingerprint density at radius 2 is 1.83 bits per heavy atom. The first kappa shape index (κ1) is 19.1. The molecule has 3 aliphatic rings. The third kappa shape index (κ3) is 3.34. The van der Waals surface area contributed by atoms with Gasteiger partial charge >= 0.3 is 5.69 Å². The Hall–Kier alpha value is -2.90. The summed E-state index contributed by atoms with van der Waals surface area (Å²) in [6.45, 7) is 2.62. The van der Waals surface area contributed by atoms with Crippen molar-refractivity contribution in [1.29, 1.82) is 0 Å². The van der Waals surface area contributed by atoms with Crippen LogP contribution in [0.5, 0.6) is 0 Å². The van der Waals surface area contributed by atoms with Crippen molar-refractivity contribution >= 4 is 11.8 Å². The Bertz CT molecular complexity index is 1020. The van der Waals surface area contributed by atoms with Gasteiger partial charge < -0.3 is 9.80 Å². The van der Waals surface area contributed by atoms with Gasteiger partial charge in [0.2, 0.25) is 11.7 Å². The van der Waals surface area contributed by atoms with E-state index in [9.17, 15) is 14.4 Å². The lowest BCUT2D eigenvalue weighted by atomic mass is 9.76. The highest BCUT2D eigenvalue weighted by Gasteiger charge is 2.55. The molecule has 1 saturated carbocycles.